The van der Waals surface area contributed by atoms with Gasteiger partial charge in [0.15, 0.2) is 0 Å². The van der Waals surface area contributed by atoms with Crippen molar-refractivity contribution in [2.75, 3.05) is 82.9 Å². The number of carbonyl (C=O) groups is 1. The number of ether oxygens (including phenoxy) is 2. The summed E-state index contributed by atoms with van der Waals surface area (Å²) in [6.07, 6.45) is 0. The summed E-state index contributed by atoms with van der Waals surface area (Å²) in [5.41, 5.74) is 2.82. The number of carbonyl (C=O) groups excluding carboxylic acids is 1. The average molecular weight is 425 g/mol. The second kappa shape index (κ2) is 10.5. The number of rotatable bonds is 7. The van der Waals surface area contributed by atoms with Crippen molar-refractivity contribution in [2.24, 2.45) is 0 Å². The first-order valence-corrected chi connectivity index (χ1v) is 11.1. The number of nitrogens with zero attached hydrogens (tertiary/aromatic N) is 3. The molecule has 2 saturated heterocycles. The number of morpholine rings is 1. The van der Waals surface area contributed by atoms with E-state index < -0.39 is 0 Å². The lowest BCUT2D eigenvalue weighted by Crippen LogP contribution is -2.47. The molecule has 0 aromatic heterocycles. The van der Waals surface area contributed by atoms with Gasteiger partial charge in [-0.25, -0.2) is 0 Å². The Balaban J connectivity index is 1.32. The zero-order valence-corrected chi connectivity index (χ0v) is 18.3. The summed E-state index contributed by atoms with van der Waals surface area (Å²) in [5.74, 6) is 0.794. The zero-order valence-electron chi connectivity index (χ0n) is 18.3. The fraction of sp³-hybridized carbons (Fsp3) is 0.458. The first-order chi connectivity index (χ1) is 15.2. The Morgan fingerprint density at radius 3 is 2.45 bits per heavy atom. The van der Waals surface area contributed by atoms with E-state index in [4.69, 9.17) is 9.47 Å². The predicted octanol–water partition coefficient (Wildman–Crippen LogP) is 2.40. The molecule has 4 rings (SSSR count). The van der Waals surface area contributed by atoms with Crippen LogP contribution in [0.1, 0.15) is 10.4 Å². The summed E-state index contributed by atoms with van der Waals surface area (Å²) in [6, 6.07) is 16.2. The summed E-state index contributed by atoms with van der Waals surface area (Å²) in [6.45, 7) is 8.31. The van der Waals surface area contributed by atoms with Crippen LogP contribution in [0, 0.1) is 0 Å². The smallest absolute Gasteiger partial charge is 0.256 e. The first kappa shape index (κ1) is 21.5. The molecule has 0 bridgehead atoms. The molecule has 2 aromatic rings. The molecule has 1 amide bonds. The second-order valence-electron chi connectivity index (χ2n) is 7.91. The Morgan fingerprint density at radius 1 is 1.00 bits per heavy atom. The molecule has 1 N–H and O–H groups in total. The maximum atomic E-state index is 13.0. The topological polar surface area (TPSA) is 57.3 Å². The average Bonchev–Trinajstić information content (AvgIpc) is 2.85. The Labute approximate surface area is 184 Å². The standard InChI is InChI=1S/C24H32N4O3/c1-30-21-7-8-22(24(29)28-15-17-31-18-16-28)23(19-21)25-9-10-26-11-13-27(14-12-26)20-5-3-2-4-6-20/h2-8,19,25H,9-18H2,1H3. The van der Waals surface area contributed by atoms with Crippen molar-refractivity contribution in [2.45, 2.75) is 0 Å². The monoisotopic (exact) mass is 424 g/mol. The number of amides is 1. The minimum absolute atomic E-state index is 0.0462. The van der Waals surface area contributed by atoms with Crippen LogP contribution in [0.25, 0.3) is 0 Å². The van der Waals surface area contributed by atoms with Gasteiger partial charge in [0.25, 0.3) is 5.91 Å². The fourth-order valence-corrected chi connectivity index (χ4v) is 4.14. The molecule has 2 aliphatic heterocycles. The largest absolute Gasteiger partial charge is 0.497 e. The van der Waals surface area contributed by atoms with Gasteiger partial charge in [0.05, 0.1) is 31.6 Å². The molecule has 0 spiro atoms. The summed E-state index contributed by atoms with van der Waals surface area (Å²) in [5, 5.41) is 3.48. The Hall–Kier alpha value is -2.77. The molecule has 2 aromatic carbocycles. The van der Waals surface area contributed by atoms with Crippen molar-refractivity contribution in [1.82, 2.24) is 9.80 Å². The second-order valence-corrected chi connectivity index (χ2v) is 7.91. The lowest BCUT2D eigenvalue weighted by Gasteiger charge is -2.36. The normalized spacial score (nSPS) is 17.5. The number of hydrogen-bond acceptors (Lipinski definition) is 6. The van der Waals surface area contributed by atoms with Gasteiger partial charge in [0.2, 0.25) is 0 Å². The van der Waals surface area contributed by atoms with Crippen LogP contribution in [-0.2, 0) is 4.74 Å². The highest BCUT2D eigenvalue weighted by Gasteiger charge is 2.22. The number of para-hydroxylation sites is 1. The molecule has 0 atom stereocenters. The van der Waals surface area contributed by atoms with Crippen LogP contribution in [0.2, 0.25) is 0 Å². The number of piperazine rings is 1. The van der Waals surface area contributed by atoms with Crippen LogP contribution < -0.4 is 15.0 Å². The van der Waals surface area contributed by atoms with E-state index in [2.05, 4.69) is 45.4 Å². The molecule has 31 heavy (non-hydrogen) atoms. The summed E-state index contributed by atoms with van der Waals surface area (Å²) in [4.78, 5) is 19.8. The van der Waals surface area contributed by atoms with Gasteiger partial charge in [-0.3, -0.25) is 9.69 Å². The molecule has 7 nitrogen and oxygen atoms in total. The minimum atomic E-state index is 0.0462. The Kier molecular flexibility index (Phi) is 7.27. The van der Waals surface area contributed by atoms with Gasteiger partial charge in [-0.2, -0.15) is 0 Å². The molecule has 0 radical (unpaired) electrons. The van der Waals surface area contributed by atoms with E-state index >= 15 is 0 Å². The zero-order chi connectivity index (χ0) is 21.5. The number of hydrogen-bond donors (Lipinski definition) is 1. The highest BCUT2D eigenvalue weighted by molar-refractivity contribution is 6.00. The van der Waals surface area contributed by atoms with E-state index in [1.54, 1.807) is 7.11 Å². The lowest BCUT2D eigenvalue weighted by atomic mass is 10.1. The number of nitrogens with one attached hydrogen (secondary N) is 1. The van der Waals surface area contributed by atoms with E-state index in [0.717, 1.165) is 50.7 Å². The Bertz CT molecular complexity index is 847. The number of benzene rings is 2. The van der Waals surface area contributed by atoms with Crippen LogP contribution in [0.3, 0.4) is 0 Å². The first-order valence-electron chi connectivity index (χ1n) is 11.1. The maximum absolute atomic E-state index is 13.0. The van der Waals surface area contributed by atoms with Gasteiger partial charge < -0.3 is 24.6 Å². The summed E-state index contributed by atoms with van der Waals surface area (Å²) < 4.78 is 10.8. The van der Waals surface area contributed by atoms with Crippen molar-refractivity contribution in [3.05, 3.63) is 54.1 Å². The van der Waals surface area contributed by atoms with E-state index in [-0.39, 0.29) is 5.91 Å². The highest BCUT2D eigenvalue weighted by atomic mass is 16.5. The third-order valence-electron chi connectivity index (χ3n) is 5.99. The quantitative estimate of drug-likeness (QED) is 0.737. The number of anilines is 2. The Morgan fingerprint density at radius 2 is 1.74 bits per heavy atom. The summed E-state index contributed by atoms with van der Waals surface area (Å²) >= 11 is 0. The van der Waals surface area contributed by atoms with Crippen LogP contribution in [0.5, 0.6) is 5.75 Å². The highest BCUT2D eigenvalue weighted by Crippen LogP contribution is 2.24. The van der Waals surface area contributed by atoms with Crippen molar-refractivity contribution in [3.8, 4) is 5.75 Å². The van der Waals surface area contributed by atoms with E-state index in [1.807, 2.05) is 23.1 Å². The minimum Gasteiger partial charge on any atom is -0.497 e. The molecule has 2 aliphatic rings. The lowest BCUT2D eigenvalue weighted by molar-refractivity contribution is 0.0303. The van der Waals surface area contributed by atoms with Crippen LogP contribution >= 0.6 is 0 Å². The van der Waals surface area contributed by atoms with E-state index in [0.29, 0.717) is 31.9 Å². The SMILES string of the molecule is COc1ccc(C(=O)N2CCOCC2)c(NCCN2CCN(c3ccccc3)CC2)c1. The van der Waals surface area contributed by atoms with Crippen molar-refractivity contribution in [1.29, 1.82) is 0 Å². The predicted molar refractivity (Wildman–Crippen MR) is 123 cm³/mol. The number of methoxy groups -OCH3 is 1. The fourth-order valence-electron chi connectivity index (χ4n) is 4.14. The molecule has 0 unspecified atom stereocenters. The maximum Gasteiger partial charge on any atom is 0.256 e. The van der Waals surface area contributed by atoms with Gasteiger partial charge in [-0.15, -0.1) is 0 Å². The third-order valence-corrected chi connectivity index (χ3v) is 5.99. The third kappa shape index (κ3) is 5.48. The molecule has 2 heterocycles. The van der Waals surface area contributed by atoms with Crippen molar-refractivity contribution in [3.63, 3.8) is 0 Å². The van der Waals surface area contributed by atoms with E-state index in [1.165, 1.54) is 5.69 Å². The van der Waals surface area contributed by atoms with Crippen LogP contribution in [-0.4, -0.2) is 88.4 Å². The molecule has 0 saturated carbocycles. The van der Waals surface area contributed by atoms with Gasteiger partial charge in [-0.05, 0) is 24.3 Å². The molecular formula is C24H32N4O3. The molecular weight excluding hydrogens is 392 g/mol. The molecule has 7 heteroatoms. The van der Waals surface area contributed by atoms with Crippen molar-refractivity contribution < 1.29 is 14.3 Å². The van der Waals surface area contributed by atoms with Crippen LogP contribution in [0.4, 0.5) is 11.4 Å². The molecule has 2 fully saturated rings. The van der Waals surface area contributed by atoms with Gasteiger partial charge >= 0.3 is 0 Å². The van der Waals surface area contributed by atoms with Gasteiger partial charge in [0.1, 0.15) is 5.75 Å². The van der Waals surface area contributed by atoms with Gasteiger partial charge in [0, 0.05) is 64.1 Å². The van der Waals surface area contributed by atoms with Gasteiger partial charge in [-0.1, -0.05) is 18.2 Å². The molecule has 166 valence electrons. The van der Waals surface area contributed by atoms with E-state index in [9.17, 15) is 4.79 Å². The molecule has 0 aliphatic carbocycles. The van der Waals surface area contributed by atoms with Crippen molar-refractivity contribution >= 4 is 17.3 Å². The summed E-state index contributed by atoms with van der Waals surface area (Å²) in [7, 11) is 1.65. The van der Waals surface area contributed by atoms with Crippen LogP contribution in [0.15, 0.2) is 48.5 Å².